The van der Waals surface area contributed by atoms with Crippen LogP contribution in [0.3, 0.4) is 0 Å². The molecule has 1 fully saturated rings. The zero-order valence-electron chi connectivity index (χ0n) is 13.0. The first kappa shape index (κ1) is 14.6. The molecule has 0 aliphatic heterocycles. The highest BCUT2D eigenvalue weighted by atomic mass is 16.3. The number of aromatic nitrogens is 2. The van der Waals surface area contributed by atoms with Crippen LogP contribution in [-0.4, -0.2) is 20.8 Å². The molecule has 1 saturated carbocycles. The summed E-state index contributed by atoms with van der Waals surface area (Å²) in [5.74, 6) is 1.70. The summed E-state index contributed by atoms with van der Waals surface area (Å²) in [5.41, 5.74) is 1.39. The summed E-state index contributed by atoms with van der Waals surface area (Å²) in [6.07, 6.45) is 6.09. The first-order valence-corrected chi connectivity index (χ1v) is 7.55. The van der Waals surface area contributed by atoms with Crippen LogP contribution >= 0.6 is 0 Å². The van der Waals surface area contributed by atoms with Gasteiger partial charge in [0.1, 0.15) is 5.82 Å². The molecule has 108 valence electrons. The first-order valence-electron chi connectivity index (χ1n) is 7.55. The lowest BCUT2D eigenvalue weighted by Crippen LogP contribution is -2.38. The van der Waals surface area contributed by atoms with Crippen molar-refractivity contribution in [2.24, 2.45) is 11.3 Å². The quantitative estimate of drug-likeness (QED) is 0.905. The van der Waals surface area contributed by atoms with Gasteiger partial charge in [-0.1, -0.05) is 27.2 Å². The summed E-state index contributed by atoms with van der Waals surface area (Å²) in [6.45, 7) is 11.1. The second-order valence-electron chi connectivity index (χ2n) is 6.82. The van der Waals surface area contributed by atoms with Gasteiger partial charge in [-0.15, -0.1) is 0 Å². The first-order chi connectivity index (χ1) is 8.85. The molecule has 3 atom stereocenters. The smallest absolute Gasteiger partial charge is 0.106 e. The molecule has 0 aromatic carbocycles. The average molecular weight is 264 g/mol. The zero-order valence-corrected chi connectivity index (χ0v) is 13.0. The SMILES string of the molecule is CCC(C)(C)C1CCC(O)CC1n1cc(C)nc1C. The number of aliphatic hydroxyl groups excluding tert-OH is 1. The van der Waals surface area contributed by atoms with Gasteiger partial charge in [0.25, 0.3) is 0 Å². The minimum Gasteiger partial charge on any atom is -0.393 e. The highest BCUT2D eigenvalue weighted by Crippen LogP contribution is 2.46. The van der Waals surface area contributed by atoms with Crippen molar-refractivity contribution in [1.82, 2.24) is 9.55 Å². The van der Waals surface area contributed by atoms with Crippen LogP contribution in [0, 0.1) is 25.2 Å². The highest BCUT2D eigenvalue weighted by Gasteiger charge is 2.39. The Morgan fingerprint density at radius 1 is 1.37 bits per heavy atom. The van der Waals surface area contributed by atoms with Crippen molar-refractivity contribution in [2.75, 3.05) is 0 Å². The van der Waals surface area contributed by atoms with E-state index in [9.17, 15) is 5.11 Å². The van der Waals surface area contributed by atoms with Crippen LogP contribution in [0.2, 0.25) is 0 Å². The Balaban J connectivity index is 2.34. The summed E-state index contributed by atoms with van der Waals surface area (Å²) in [7, 11) is 0. The van der Waals surface area contributed by atoms with Gasteiger partial charge in [-0.2, -0.15) is 0 Å². The van der Waals surface area contributed by atoms with Gasteiger partial charge in [0, 0.05) is 12.2 Å². The molecule has 19 heavy (non-hydrogen) atoms. The summed E-state index contributed by atoms with van der Waals surface area (Å²) >= 11 is 0. The number of aliphatic hydroxyl groups is 1. The minimum absolute atomic E-state index is 0.156. The molecule has 1 aliphatic carbocycles. The largest absolute Gasteiger partial charge is 0.393 e. The van der Waals surface area contributed by atoms with Crippen molar-refractivity contribution >= 4 is 0 Å². The summed E-state index contributed by atoms with van der Waals surface area (Å²) in [5, 5.41) is 10.1. The molecule has 1 aromatic heterocycles. The van der Waals surface area contributed by atoms with E-state index >= 15 is 0 Å². The van der Waals surface area contributed by atoms with Crippen molar-refractivity contribution in [3.05, 3.63) is 17.7 Å². The lowest BCUT2D eigenvalue weighted by molar-refractivity contribution is 0.0209. The lowest BCUT2D eigenvalue weighted by Gasteiger charge is -2.44. The van der Waals surface area contributed by atoms with E-state index < -0.39 is 0 Å². The summed E-state index contributed by atoms with van der Waals surface area (Å²) in [6, 6.07) is 0.389. The van der Waals surface area contributed by atoms with Crippen LogP contribution in [-0.2, 0) is 0 Å². The van der Waals surface area contributed by atoms with E-state index in [4.69, 9.17) is 0 Å². The minimum atomic E-state index is -0.156. The number of imidazole rings is 1. The van der Waals surface area contributed by atoms with E-state index in [1.54, 1.807) is 0 Å². The van der Waals surface area contributed by atoms with Crippen molar-refractivity contribution in [2.45, 2.75) is 72.4 Å². The molecule has 0 spiro atoms. The second kappa shape index (κ2) is 5.28. The Kier molecular flexibility index (Phi) is 4.05. The van der Waals surface area contributed by atoms with Crippen LogP contribution in [0.15, 0.2) is 6.20 Å². The van der Waals surface area contributed by atoms with E-state index in [2.05, 4.69) is 43.4 Å². The fourth-order valence-electron chi connectivity index (χ4n) is 3.58. The van der Waals surface area contributed by atoms with Crippen LogP contribution in [0.5, 0.6) is 0 Å². The van der Waals surface area contributed by atoms with Crippen LogP contribution in [0.1, 0.15) is 64.0 Å². The zero-order chi connectivity index (χ0) is 14.2. The molecular formula is C16H28N2O. The molecule has 1 heterocycles. The molecule has 0 bridgehead atoms. The van der Waals surface area contributed by atoms with Gasteiger partial charge in [-0.3, -0.25) is 0 Å². The average Bonchev–Trinajstić information content (AvgIpc) is 2.68. The van der Waals surface area contributed by atoms with Gasteiger partial charge < -0.3 is 9.67 Å². The third-order valence-electron chi connectivity index (χ3n) is 5.10. The van der Waals surface area contributed by atoms with Crippen LogP contribution < -0.4 is 0 Å². The molecule has 0 amide bonds. The molecule has 1 aromatic rings. The maximum Gasteiger partial charge on any atom is 0.106 e. The van der Waals surface area contributed by atoms with Gasteiger partial charge >= 0.3 is 0 Å². The molecule has 3 heteroatoms. The summed E-state index contributed by atoms with van der Waals surface area (Å²) < 4.78 is 2.31. The standard InChI is InChI=1S/C16H28N2O/c1-6-16(4,5)14-8-7-13(19)9-15(14)18-10-11(2)17-12(18)3/h10,13-15,19H,6-9H2,1-5H3. The van der Waals surface area contributed by atoms with Crippen molar-refractivity contribution in [3.8, 4) is 0 Å². The number of nitrogens with zero attached hydrogens (tertiary/aromatic N) is 2. The van der Waals surface area contributed by atoms with E-state index in [0.717, 1.165) is 30.8 Å². The normalized spacial score (nSPS) is 28.6. The molecule has 3 unspecified atom stereocenters. The van der Waals surface area contributed by atoms with E-state index in [1.807, 2.05) is 6.92 Å². The third-order valence-corrected chi connectivity index (χ3v) is 5.10. The monoisotopic (exact) mass is 264 g/mol. The third kappa shape index (κ3) is 2.86. The fourth-order valence-corrected chi connectivity index (χ4v) is 3.58. The van der Waals surface area contributed by atoms with E-state index in [-0.39, 0.29) is 6.10 Å². The number of hydrogen-bond donors (Lipinski definition) is 1. The topological polar surface area (TPSA) is 38.0 Å². The predicted octanol–water partition coefficient (Wildman–Crippen LogP) is 3.64. The lowest BCUT2D eigenvalue weighted by atomic mass is 9.66. The van der Waals surface area contributed by atoms with Gasteiger partial charge in [-0.25, -0.2) is 4.98 Å². The Labute approximate surface area is 117 Å². The fraction of sp³-hybridized carbons (Fsp3) is 0.812. The van der Waals surface area contributed by atoms with Gasteiger partial charge in [-0.05, 0) is 44.4 Å². The molecule has 1 N–H and O–H groups in total. The Morgan fingerprint density at radius 2 is 2.05 bits per heavy atom. The second-order valence-corrected chi connectivity index (χ2v) is 6.82. The van der Waals surface area contributed by atoms with Crippen molar-refractivity contribution in [1.29, 1.82) is 0 Å². The van der Waals surface area contributed by atoms with Crippen LogP contribution in [0.25, 0.3) is 0 Å². The van der Waals surface area contributed by atoms with E-state index in [1.165, 1.54) is 6.42 Å². The molecule has 0 radical (unpaired) electrons. The van der Waals surface area contributed by atoms with Crippen molar-refractivity contribution in [3.63, 3.8) is 0 Å². The van der Waals surface area contributed by atoms with Crippen molar-refractivity contribution < 1.29 is 5.11 Å². The number of aryl methyl sites for hydroxylation is 2. The summed E-state index contributed by atoms with van der Waals surface area (Å²) in [4.78, 5) is 4.53. The predicted molar refractivity (Wildman–Crippen MR) is 78.2 cm³/mol. The van der Waals surface area contributed by atoms with Crippen LogP contribution in [0.4, 0.5) is 0 Å². The highest BCUT2D eigenvalue weighted by molar-refractivity contribution is 5.05. The number of hydrogen-bond acceptors (Lipinski definition) is 2. The Morgan fingerprint density at radius 3 is 2.58 bits per heavy atom. The molecule has 2 rings (SSSR count). The molecular weight excluding hydrogens is 236 g/mol. The molecule has 3 nitrogen and oxygen atoms in total. The molecule has 0 saturated heterocycles. The van der Waals surface area contributed by atoms with Gasteiger partial charge in [0.15, 0.2) is 0 Å². The molecule has 1 aliphatic rings. The Bertz CT molecular complexity index is 436. The Hall–Kier alpha value is -0.830. The maximum absolute atomic E-state index is 10.1. The van der Waals surface area contributed by atoms with Gasteiger partial charge in [0.2, 0.25) is 0 Å². The maximum atomic E-state index is 10.1. The van der Waals surface area contributed by atoms with E-state index in [0.29, 0.717) is 17.4 Å². The van der Waals surface area contributed by atoms with Gasteiger partial charge in [0.05, 0.1) is 11.8 Å². The number of rotatable bonds is 3.